The van der Waals surface area contributed by atoms with Crippen LogP contribution in [0, 0.1) is 5.41 Å². The van der Waals surface area contributed by atoms with Gasteiger partial charge in [-0.05, 0) is 48.9 Å². The number of amides is 1. The van der Waals surface area contributed by atoms with E-state index in [1.807, 2.05) is 0 Å². The predicted octanol–water partition coefficient (Wildman–Crippen LogP) is 3.51. The van der Waals surface area contributed by atoms with Crippen LogP contribution >= 0.6 is 0 Å². The van der Waals surface area contributed by atoms with Crippen LogP contribution in [0.2, 0.25) is 0 Å². The molecule has 0 aliphatic heterocycles. The summed E-state index contributed by atoms with van der Waals surface area (Å²) in [4.78, 5) is 23.2. The Labute approximate surface area is 153 Å². The van der Waals surface area contributed by atoms with Crippen LogP contribution in [0.25, 0.3) is 5.69 Å². The monoisotopic (exact) mass is 381 g/mol. The molecule has 2 N–H and O–H groups in total. The van der Waals surface area contributed by atoms with Crippen LogP contribution in [0.5, 0.6) is 0 Å². The van der Waals surface area contributed by atoms with E-state index in [9.17, 15) is 22.8 Å². The second-order valence-corrected chi connectivity index (χ2v) is 6.99. The summed E-state index contributed by atoms with van der Waals surface area (Å²) < 4.78 is 40.3. The number of aromatic nitrogens is 2. The minimum Gasteiger partial charge on any atom is -0.478 e. The van der Waals surface area contributed by atoms with Crippen molar-refractivity contribution in [3.8, 4) is 5.69 Å². The van der Waals surface area contributed by atoms with Crippen LogP contribution in [0.4, 0.5) is 13.2 Å². The van der Waals surface area contributed by atoms with Gasteiger partial charge < -0.3 is 10.4 Å². The summed E-state index contributed by atoms with van der Waals surface area (Å²) in [5.41, 5.74) is -1.67. The van der Waals surface area contributed by atoms with E-state index in [2.05, 4.69) is 17.3 Å². The number of carboxylic acids is 1. The first kappa shape index (κ1) is 18.9. The maximum absolute atomic E-state index is 13.2. The summed E-state index contributed by atoms with van der Waals surface area (Å²) in [7, 11) is 0. The Bertz CT molecular complexity index is 868. The van der Waals surface area contributed by atoms with Crippen LogP contribution in [0.3, 0.4) is 0 Å². The molecule has 1 aliphatic carbocycles. The van der Waals surface area contributed by atoms with Crippen molar-refractivity contribution in [3.63, 3.8) is 0 Å². The molecule has 9 heteroatoms. The van der Waals surface area contributed by atoms with Crippen molar-refractivity contribution in [2.24, 2.45) is 5.41 Å². The van der Waals surface area contributed by atoms with Gasteiger partial charge in [0, 0.05) is 12.1 Å². The third-order valence-electron chi connectivity index (χ3n) is 4.76. The van der Waals surface area contributed by atoms with Gasteiger partial charge in [0.05, 0.1) is 11.9 Å². The second-order valence-electron chi connectivity index (χ2n) is 6.99. The first-order valence-electron chi connectivity index (χ1n) is 8.38. The number of nitrogens with one attached hydrogen (secondary N) is 1. The third kappa shape index (κ3) is 4.12. The fourth-order valence-corrected chi connectivity index (χ4v) is 2.77. The fourth-order valence-electron chi connectivity index (χ4n) is 2.77. The SMILES string of the molecule is CC1(CCNC(=O)c2ccc(-n3ncc(C(=O)O)c3C(F)(F)F)cc2)CC1. The quantitative estimate of drug-likeness (QED) is 0.802. The first-order valence-corrected chi connectivity index (χ1v) is 8.38. The predicted molar refractivity (Wildman–Crippen MR) is 89.8 cm³/mol. The molecule has 0 radical (unpaired) electrons. The van der Waals surface area contributed by atoms with E-state index in [-0.39, 0.29) is 11.6 Å². The molecular formula is C18H18F3N3O3. The highest BCUT2D eigenvalue weighted by atomic mass is 19.4. The van der Waals surface area contributed by atoms with Crippen LogP contribution in [0.1, 0.15) is 52.6 Å². The Morgan fingerprint density at radius 2 is 1.89 bits per heavy atom. The maximum atomic E-state index is 13.2. The van der Waals surface area contributed by atoms with E-state index < -0.39 is 23.4 Å². The lowest BCUT2D eigenvalue weighted by molar-refractivity contribution is -0.143. The van der Waals surface area contributed by atoms with E-state index in [0.29, 0.717) is 28.4 Å². The van der Waals surface area contributed by atoms with Gasteiger partial charge in [0.25, 0.3) is 5.91 Å². The Morgan fingerprint density at radius 1 is 1.26 bits per heavy atom. The van der Waals surface area contributed by atoms with Gasteiger partial charge in [-0.2, -0.15) is 18.3 Å². The average molecular weight is 381 g/mol. The molecule has 0 atom stereocenters. The van der Waals surface area contributed by atoms with E-state index in [1.54, 1.807) is 0 Å². The molecule has 1 fully saturated rings. The normalized spacial score (nSPS) is 15.4. The van der Waals surface area contributed by atoms with Crippen molar-refractivity contribution in [1.82, 2.24) is 15.1 Å². The lowest BCUT2D eigenvalue weighted by Gasteiger charge is -2.12. The van der Waals surface area contributed by atoms with Crippen molar-refractivity contribution in [2.45, 2.75) is 32.4 Å². The Hall–Kier alpha value is -2.84. The van der Waals surface area contributed by atoms with Crippen molar-refractivity contribution in [2.75, 3.05) is 6.54 Å². The number of benzene rings is 1. The summed E-state index contributed by atoms with van der Waals surface area (Å²) in [6.45, 7) is 2.69. The number of nitrogens with zero attached hydrogens (tertiary/aromatic N) is 2. The number of aromatic carboxylic acids is 1. The number of carbonyl (C=O) groups excluding carboxylic acids is 1. The van der Waals surface area contributed by atoms with Gasteiger partial charge >= 0.3 is 12.1 Å². The molecule has 6 nitrogen and oxygen atoms in total. The molecule has 2 aromatic rings. The molecule has 0 bridgehead atoms. The number of hydrogen-bond donors (Lipinski definition) is 2. The maximum Gasteiger partial charge on any atom is 0.434 e. The highest BCUT2D eigenvalue weighted by Crippen LogP contribution is 2.47. The summed E-state index contributed by atoms with van der Waals surface area (Å²) in [5, 5.41) is 15.3. The molecule has 0 unspecified atom stereocenters. The van der Waals surface area contributed by atoms with Gasteiger partial charge in [-0.1, -0.05) is 6.92 Å². The number of hydrogen-bond acceptors (Lipinski definition) is 3. The topological polar surface area (TPSA) is 84.2 Å². The Balaban J connectivity index is 1.77. The third-order valence-corrected chi connectivity index (χ3v) is 4.76. The highest BCUT2D eigenvalue weighted by molar-refractivity contribution is 5.94. The summed E-state index contributed by atoms with van der Waals surface area (Å²) in [6.07, 6.45) is -1.04. The van der Waals surface area contributed by atoms with Crippen LogP contribution in [-0.4, -0.2) is 33.3 Å². The molecule has 0 saturated heterocycles. The first-order chi connectivity index (χ1) is 12.6. The molecule has 27 heavy (non-hydrogen) atoms. The molecule has 1 aromatic carbocycles. The number of alkyl halides is 3. The minimum atomic E-state index is -4.89. The van der Waals surface area contributed by atoms with Crippen LogP contribution in [-0.2, 0) is 6.18 Å². The fraction of sp³-hybridized carbons (Fsp3) is 0.389. The molecule has 1 heterocycles. The Kier molecular flexibility index (Phi) is 4.71. The summed E-state index contributed by atoms with van der Waals surface area (Å²) >= 11 is 0. The van der Waals surface area contributed by atoms with E-state index in [0.717, 1.165) is 19.3 Å². The van der Waals surface area contributed by atoms with Crippen LogP contribution < -0.4 is 5.32 Å². The van der Waals surface area contributed by atoms with Gasteiger partial charge in [-0.15, -0.1) is 0 Å². The van der Waals surface area contributed by atoms with Gasteiger partial charge in [0.1, 0.15) is 5.56 Å². The van der Waals surface area contributed by atoms with Crippen molar-refractivity contribution in [1.29, 1.82) is 0 Å². The molecule has 1 aliphatic rings. The second kappa shape index (κ2) is 6.71. The molecule has 1 aromatic heterocycles. The zero-order valence-electron chi connectivity index (χ0n) is 14.5. The number of halogens is 3. The number of carboxylic acid groups (broad SMARTS) is 1. The zero-order valence-corrected chi connectivity index (χ0v) is 14.5. The largest absolute Gasteiger partial charge is 0.478 e. The lowest BCUT2D eigenvalue weighted by atomic mass is 10.1. The standard InChI is InChI=1S/C18H18F3N3O3/c1-17(6-7-17)8-9-22-15(25)11-2-4-12(5-3-11)24-14(18(19,20)21)13(10-23-24)16(26)27/h2-5,10H,6-9H2,1H3,(H,22,25)(H,26,27). The van der Waals surface area contributed by atoms with Crippen molar-refractivity contribution in [3.05, 3.63) is 47.3 Å². The molecule has 1 saturated carbocycles. The zero-order chi connectivity index (χ0) is 19.8. The number of rotatable bonds is 6. The van der Waals surface area contributed by atoms with E-state index in [4.69, 9.17) is 5.11 Å². The smallest absolute Gasteiger partial charge is 0.434 e. The van der Waals surface area contributed by atoms with E-state index >= 15 is 0 Å². The molecule has 3 rings (SSSR count). The molecule has 144 valence electrons. The lowest BCUT2D eigenvalue weighted by Crippen LogP contribution is -2.25. The van der Waals surface area contributed by atoms with Crippen molar-refractivity contribution >= 4 is 11.9 Å². The molecule has 0 spiro atoms. The number of carbonyl (C=O) groups is 2. The van der Waals surface area contributed by atoms with Crippen molar-refractivity contribution < 1.29 is 27.9 Å². The van der Waals surface area contributed by atoms with E-state index in [1.165, 1.54) is 24.3 Å². The average Bonchev–Trinajstić information content (AvgIpc) is 3.15. The summed E-state index contributed by atoms with van der Waals surface area (Å²) in [6, 6.07) is 5.35. The van der Waals surface area contributed by atoms with Gasteiger partial charge in [0.15, 0.2) is 5.69 Å². The Morgan fingerprint density at radius 3 is 2.41 bits per heavy atom. The highest BCUT2D eigenvalue weighted by Gasteiger charge is 2.40. The molecule has 1 amide bonds. The van der Waals surface area contributed by atoms with Gasteiger partial charge in [-0.3, -0.25) is 4.79 Å². The summed E-state index contributed by atoms with van der Waals surface area (Å²) in [5.74, 6) is -2.03. The minimum absolute atomic E-state index is 0.0110. The van der Waals surface area contributed by atoms with Gasteiger partial charge in [-0.25, -0.2) is 9.48 Å². The molecular weight excluding hydrogens is 363 g/mol. The van der Waals surface area contributed by atoms with Crippen LogP contribution in [0.15, 0.2) is 30.5 Å². The van der Waals surface area contributed by atoms with Gasteiger partial charge in [0.2, 0.25) is 0 Å².